The van der Waals surface area contributed by atoms with Crippen molar-refractivity contribution in [2.24, 2.45) is 4.99 Å². The number of aromatic amines is 1. The highest BCUT2D eigenvalue weighted by Gasteiger charge is 2.38. The van der Waals surface area contributed by atoms with Gasteiger partial charge in [0, 0.05) is 13.1 Å². The summed E-state index contributed by atoms with van der Waals surface area (Å²) < 4.78 is 5.18. The van der Waals surface area contributed by atoms with E-state index in [2.05, 4.69) is 15.0 Å². The maximum absolute atomic E-state index is 12.8. The summed E-state index contributed by atoms with van der Waals surface area (Å²) in [6.45, 7) is 2.03. The first-order valence-electron chi connectivity index (χ1n) is 7.58. The molecule has 2 aromatic rings. The minimum atomic E-state index is -0.0924. The highest BCUT2D eigenvalue weighted by Crippen LogP contribution is 2.28. The molecule has 2 aliphatic heterocycles. The predicted molar refractivity (Wildman–Crippen MR) is 85.7 cm³/mol. The van der Waals surface area contributed by atoms with E-state index in [1.807, 2.05) is 29.2 Å². The number of methoxy groups -OCH3 is 1. The van der Waals surface area contributed by atoms with Crippen LogP contribution in [-0.2, 0) is 6.54 Å². The fourth-order valence-electron chi connectivity index (χ4n) is 2.96. The second-order valence-electron chi connectivity index (χ2n) is 5.53. The molecule has 2 aliphatic rings. The van der Waals surface area contributed by atoms with Crippen LogP contribution in [-0.4, -0.2) is 46.9 Å². The number of ether oxygens (including phenoxy) is 1. The molecule has 0 bridgehead atoms. The minimum Gasteiger partial charge on any atom is -0.497 e. The average molecular weight is 311 g/mol. The molecule has 7 nitrogen and oxygen atoms in total. The van der Waals surface area contributed by atoms with Gasteiger partial charge in [-0.1, -0.05) is 12.1 Å². The number of carbonyl (C=O) groups is 1. The number of guanidine groups is 1. The highest BCUT2D eigenvalue weighted by atomic mass is 16.5. The summed E-state index contributed by atoms with van der Waals surface area (Å²) in [6.07, 6.45) is 2.52. The third-order valence-electron chi connectivity index (χ3n) is 4.11. The Hall–Kier alpha value is -2.83. The Balaban J connectivity index is 1.69. The van der Waals surface area contributed by atoms with Crippen molar-refractivity contribution in [1.82, 2.24) is 14.9 Å². The second-order valence-corrected chi connectivity index (χ2v) is 5.53. The van der Waals surface area contributed by atoms with Crippen molar-refractivity contribution < 1.29 is 9.53 Å². The van der Waals surface area contributed by atoms with Crippen LogP contribution in [0.1, 0.15) is 22.5 Å². The second kappa shape index (κ2) is 5.42. The monoisotopic (exact) mass is 311 g/mol. The largest absolute Gasteiger partial charge is 0.497 e. The zero-order valence-electron chi connectivity index (χ0n) is 12.8. The van der Waals surface area contributed by atoms with Crippen LogP contribution in [0.15, 0.2) is 35.6 Å². The van der Waals surface area contributed by atoms with Crippen LogP contribution in [0.3, 0.4) is 0 Å². The van der Waals surface area contributed by atoms with Crippen molar-refractivity contribution in [3.05, 3.63) is 41.9 Å². The number of nitrogens with zero attached hydrogens (tertiary/aromatic N) is 4. The molecular weight excluding hydrogens is 294 g/mol. The van der Waals surface area contributed by atoms with Gasteiger partial charge in [0.2, 0.25) is 5.96 Å². The Bertz CT molecular complexity index is 765. The number of fused-ring (bicyclic) bond motifs is 3. The van der Waals surface area contributed by atoms with E-state index in [9.17, 15) is 4.79 Å². The Morgan fingerprint density at radius 1 is 1.30 bits per heavy atom. The van der Waals surface area contributed by atoms with E-state index in [0.29, 0.717) is 24.0 Å². The van der Waals surface area contributed by atoms with Gasteiger partial charge in [-0.25, -0.2) is 4.98 Å². The molecule has 0 aliphatic carbocycles. The Morgan fingerprint density at radius 3 is 2.91 bits per heavy atom. The maximum Gasteiger partial charge on any atom is 0.281 e. The summed E-state index contributed by atoms with van der Waals surface area (Å²) in [4.78, 5) is 28.3. The van der Waals surface area contributed by atoms with Crippen molar-refractivity contribution in [2.45, 2.75) is 13.0 Å². The third-order valence-corrected chi connectivity index (χ3v) is 4.11. The van der Waals surface area contributed by atoms with Crippen molar-refractivity contribution in [3.8, 4) is 5.75 Å². The summed E-state index contributed by atoms with van der Waals surface area (Å²) in [7, 11) is 1.64. The van der Waals surface area contributed by atoms with Gasteiger partial charge < -0.3 is 9.72 Å². The van der Waals surface area contributed by atoms with Crippen molar-refractivity contribution >= 4 is 17.7 Å². The number of aliphatic imine (C=N–C) groups is 1. The van der Waals surface area contributed by atoms with Crippen LogP contribution < -0.4 is 9.64 Å². The van der Waals surface area contributed by atoms with E-state index < -0.39 is 0 Å². The standard InChI is InChI=1S/C16H17N5O2/c1-23-12-5-3-11(4-6-12)9-21-15(22)13-14(19-10-18-13)20-8-2-7-17-16(20)21/h3-6,10H,2,7-9H2,1H3,(H,18,19). The number of H-pyrrole nitrogens is 1. The van der Waals surface area contributed by atoms with E-state index in [1.165, 1.54) is 0 Å². The summed E-state index contributed by atoms with van der Waals surface area (Å²) >= 11 is 0. The lowest BCUT2D eigenvalue weighted by Crippen LogP contribution is -2.53. The number of anilines is 1. The number of nitrogens with one attached hydrogen (secondary N) is 1. The highest BCUT2D eigenvalue weighted by molar-refractivity contribution is 6.17. The average Bonchev–Trinajstić information content (AvgIpc) is 3.09. The fourth-order valence-corrected chi connectivity index (χ4v) is 2.96. The topological polar surface area (TPSA) is 73.8 Å². The molecule has 0 atom stereocenters. The molecule has 0 saturated carbocycles. The van der Waals surface area contributed by atoms with Gasteiger partial charge in [0.05, 0.1) is 20.0 Å². The van der Waals surface area contributed by atoms with E-state index in [1.54, 1.807) is 18.3 Å². The van der Waals surface area contributed by atoms with Gasteiger partial charge in [-0.3, -0.25) is 19.6 Å². The number of carbonyl (C=O) groups excluding carboxylic acids is 1. The smallest absolute Gasteiger partial charge is 0.281 e. The first kappa shape index (κ1) is 13.8. The maximum atomic E-state index is 12.8. The summed E-state index contributed by atoms with van der Waals surface area (Å²) in [6, 6.07) is 7.71. The molecule has 0 spiro atoms. The van der Waals surface area contributed by atoms with Crippen molar-refractivity contribution in [3.63, 3.8) is 0 Å². The Kier molecular flexibility index (Phi) is 3.25. The van der Waals surface area contributed by atoms with Gasteiger partial charge in [-0.15, -0.1) is 0 Å². The van der Waals surface area contributed by atoms with E-state index >= 15 is 0 Å². The molecule has 4 rings (SSSR count). The number of hydrogen-bond acceptors (Lipinski definition) is 5. The summed E-state index contributed by atoms with van der Waals surface area (Å²) in [5.41, 5.74) is 1.55. The SMILES string of the molecule is COc1ccc(CN2C(=O)c3[nH]cnc3N3CCCN=C23)cc1. The number of amides is 1. The lowest BCUT2D eigenvalue weighted by molar-refractivity contribution is 0.0826. The molecule has 7 heteroatoms. The van der Waals surface area contributed by atoms with Gasteiger partial charge in [-0.05, 0) is 24.1 Å². The molecule has 1 aromatic heterocycles. The zero-order valence-corrected chi connectivity index (χ0v) is 12.8. The van der Waals surface area contributed by atoms with E-state index in [0.717, 1.165) is 30.8 Å². The van der Waals surface area contributed by atoms with Gasteiger partial charge in [-0.2, -0.15) is 0 Å². The molecule has 23 heavy (non-hydrogen) atoms. The number of imidazole rings is 1. The van der Waals surface area contributed by atoms with Crippen molar-refractivity contribution in [2.75, 3.05) is 25.1 Å². The third kappa shape index (κ3) is 2.25. The molecule has 1 N–H and O–H groups in total. The molecule has 0 radical (unpaired) electrons. The fraction of sp³-hybridized carbons (Fsp3) is 0.312. The normalized spacial score (nSPS) is 16.7. The van der Waals surface area contributed by atoms with E-state index in [-0.39, 0.29) is 5.91 Å². The molecule has 3 heterocycles. The van der Waals surface area contributed by atoms with Crippen LogP contribution in [0, 0.1) is 0 Å². The minimum absolute atomic E-state index is 0.0924. The van der Waals surface area contributed by atoms with Gasteiger partial charge in [0.15, 0.2) is 5.82 Å². The number of rotatable bonds is 3. The molecule has 0 fully saturated rings. The summed E-state index contributed by atoms with van der Waals surface area (Å²) in [5.74, 6) is 2.08. The van der Waals surface area contributed by atoms with Crippen LogP contribution in [0.4, 0.5) is 5.82 Å². The molecule has 1 amide bonds. The molecule has 0 unspecified atom stereocenters. The zero-order chi connectivity index (χ0) is 15.8. The van der Waals surface area contributed by atoms with Crippen LogP contribution >= 0.6 is 0 Å². The first-order chi connectivity index (χ1) is 11.3. The predicted octanol–water partition coefficient (Wildman–Crippen LogP) is 1.64. The quantitative estimate of drug-likeness (QED) is 0.935. The van der Waals surface area contributed by atoms with Gasteiger partial charge in [0.25, 0.3) is 5.91 Å². The molecule has 0 saturated heterocycles. The number of aromatic nitrogens is 2. The van der Waals surface area contributed by atoms with Crippen LogP contribution in [0.5, 0.6) is 5.75 Å². The Labute approximate surface area is 133 Å². The lowest BCUT2D eigenvalue weighted by Gasteiger charge is -2.38. The summed E-state index contributed by atoms with van der Waals surface area (Å²) in [5, 5.41) is 0. The van der Waals surface area contributed by atoms with Crippen molar-refractivity contribution in [1.29, 1.82) is 0 Å². The number of benzene rings is 1. The first-order valence-corrected chi connectivity index (χ1v) is 7.58. The van der Waals surface area contributed by atoms with Gasteiger partial charge in [0.1, 0.15) is 11.4 Å². The van der Waals surface area contributed by atoms with E-state index in [4.69, 9.17) is 4.74 Å². The lowest BCUT2D eigenvalue weighted by atomic mass is 10.1. The number of hydrogen-bond donors (Lipinski definition) is 1. The molecule has 1 aromatic carbocycles. The van der Waals surface area contributed by atoms with Crippen LogP contribution in [0.2, 0.25) is 0 Å². The van der Waals surface area contributed by atoms with Gasteiger partial charge >= 0.3 is 0 Å². The Morgan fingerprint density at radius 2 is 2.13 bits per heavy atom. The molecular formula is C16H17N5O2. The van der Waals surface area contributed by atoms with Crippen LogP contribution in [0.25, 0.3) is 0 Å². The molecule has 118 valence electrons.